The maximum atomic E-state index is 0. The number of rotatable bonds is 0. The van der Waals surface area contributed by atoms with E-state index in [0.717, 1.165) is 0 Å². The molecule has 0 aromatic heterocycles. The molecular formula is CH42O19. The first-order valence-electron chi connectivity index (χ1n) is 0. The highest BCUT2D eigenvalue weighted by atomic mass is 16.0. The van der Waals surface area contributed by atoms with Crippen molar-refractivity contribution in [3.8, 4) is 0 Å². The van der Waals surface area contributed by atoms with E-state index in [2.05, 4.69) is 0 Å². The Bertz CT molecular complexity index is 5.73. The summed E-state index contributed by atoms with van der Waals surface area (Å²) in [5.41, 5.74) is 0. The molecule has 20 heavy (non-hydrogen) atoms. The zero-order chi connectivity index (χ0) is 0. The topological polar surface area (TPSA) is 598 Å². The van der Waals surface area contributed by atoms with Crippen molar-refractivity contribution in [3.63, 3.8) is 0 Å². The van der Waals surface area contributed by atoms with Gasteiger partial charge in [-0.25, -0.2) is 0 Å². The van der Waals surface area contributed by atoms with Crippen LogP contribution in [-0.2, 0) is 0 Å². The average Bonchev–Trinajstić information content (AvgIpc) is 0. The van der Waals surface area contributed by atoms with Gasteiger partial charge in [0.2, 0.25) is 0 Å². The van der Waals surface area contributed by atoms with Crippen molar-refractivity contribution in [1.29, 1.82) is 0 Å². The Morgan fingerprint density at radius 3 is 0.100 bits per heavy atom. The fraction of sp³-hybridized carbons (Fsp3) is 1.00. The van der Waals surface area contributed by atoms with E-state index in [0.29, 0.717) is 0 Å². The molecule has 0 atom stereocenters. The molecule has 0 aliphatic carbocycles. The van der Waals surface area contributed by atoms with E-state index in [1.54, 1.807) is 0 Å². The molecule has 19 heteroatoms. The molecule has 0 saturated heterocycles. The van der Waals surface area contributed by atoms with E-state index in [-0.39, 0.29) is 111 Å². The largest absolute Gasteiger partial charge is 0.412 e. The Labute approximate surface area is 113 Å². The first-order chi connectivity index (χ1) is 0. The van der Waals surface area contributed by atoms with Crippen molar-refractivity contribution >= 4 is 0 Å². The second-order valence-electron chi connectivity index (χ2n) is 0. The number of hydrogen-bond acceptors (Lipinski definition) is 0. The smallest absolute Gasteiger partial charge is 0.0776 e. The van der Waals surface area contributed by atoms with Crippen molar-refractivity contribution < 1.29 is 104 Å². The Kier molecular flexibility index (Phi) is 5200000. The molecule has 0 fully saturated rings. The highest BCUT2D eigenvalue weighted by Crippen LogP contribution is 0.144. The molecule has 0 rings (SSSR count). The van der Waals surface area contributed by atoms with Crippen LogP contribution < -0.4 is 0 Å². The Balaban J connectivity index is 0. The van der Waals surface area contributed by atoms with Gasteiger partial charge in [-0.3, -0.25) is 0 Å². The van der Waals surface area contributed by atoms with Crippen LogP contribution in [0.25, 0.3) is 0 Å². The fourth-order valence-corrected chi connectivity index (χ4v) is 0. The minimum absolute atomic E-state index is 0. The van der Waals surface area contributed by atoms with Gasteiger partial charge in [0.1, 0.15) is 0 Å². The summed E-state index contributed by atoms with van der Waals surface area (Å²) >= 11 is 0. The molecule has 0 spiro atoms. The molecule has 0 aromatic carbocycles. The van der Waals surface area contributed by atoms with Gasteiger partial charge in [-0.1, -0.05) is 7.43 Å². The maximum absolute atomic E-state index is 0. The molecule has 38 N–H and O–H groups in total. The van der Waals surface area contributed by atoms with Crippen LogP contribution in [0.3, 0.4) is 0 Å². The van der Waals surface area contributed by atoms with E-state index in [1.165, 1.54) is 0 Å². The van der Waals surface area contributed by atoms with E-state index in [4.69, 9.17) is 0 Å². The summed E-state index contributed by atoms with van der Waals surface area (Å²) in [7, 11) is 0. The van der Waals surface area contributed by atoms with Gasteiger partial charge >= 0.3 is 0 Å². The van der Waals surface area contributed by atoms with Gasteiger partial charge < -0.3 is 104 Å². The second-order valence-corrected chi connectivity index (χ2v) is 0. The highest BCUT2D eigenvalue weighted by Gasteiger charge is -0.0775. The van der Waals surface area contributed by atoms with E-state index in [1.807, 2.05) is 0 Å². The molecule has 0 amide bonds. The minimum atomic E-state index is 0. The zero-order valence-electron chi connectivity index (χ0n) is 9.50. The molecule has 0 aliphatic heterocycles. The SMILES string of the molecule is C.O.O.O.O.O.O.O.O.O.O.O.O.O.O.O.O.O.O.O. The molecule has 0 unspecified atom stereocenters. The molecule has 0 aromatic rings. The normalized spacial score (nSPS) is 0. The van der Waals surface area contributed by atoms with Crippen LogP contribution in [0.5, 0.6) is 0 Å². The maximum Gasteiger partial charge on any atom is -0.0776 e. The fourth-order valence-electron chi connectivity index (χ4n) is 0. The lowest BCUT2D eigenvalue weighted by Gasteiger charge is -0.413. The predicted molar refractivity (Wildman–Crippen MR) is 75.4 cm³/mol. The molecule has 0 bridgehead atoms. The molecule has 0 saturated carbocycles. The first kappa shape index (κ1) is 11100. The summed E-state index contributed by atoms with van der Waals surface area (Å²) in [6.45, 7) is 0. The van der Waals surface area contributed by atoms with Gasteiger partial charge in [0, 0.05) is 0 Å². The molecular weight excluding hydrogens is 316 g/mol. The first-order valence-corrected chi connectivity index (χ1v) is 0. The predicted octanol–water partition coefficient (Wildman–Crippen LogP) is -15.0. The van der Waals surface area contributed by atoms with Gasteiger partial charge in [-0.15, -0.1) is 0 Å². The van der Waals surface area contributed by atoms with Gasteiger partial charge in [0.25, 0.3) is 0 Å². The molecule has 0 heterocycles. The van der Waals surface area contributed by atoms with E-state index < -0.39 is 0 Å². The zero-order valence-corrected chi connectivity index (χ0v) is 9.50. The second kappa shape index (κ2) is 9390. The highest BCUT2D eigenvalue weighted by molar-refractivity contribution is 2.50. The summed E-state index contributed by atoms with van der Waals surface area (Å²) in [6.07, 6.45) is 0. The summed E-state index contributed by atoms with van der Waals surface area (Å²) in [5, 5.41) is 0. The van der Waals surface area contributed by atoms with Crippen LogP contribution in [0.2, 0.25) is 0 Å². The summed E-state index contributed by atoms with van der Waals surface area (Å²) in [5.74, 6) is 0. The van der Waals surface area contributed by atoms with Crippen molar-refractivity contribution in [2.75, 3.05) is 0 Å². The van der Waals surface area contributed by atoms with Crippen molar-refractivity contribution in [2.24, 2.45) is 0 Å². The lowest BCUT2D eigenvalue weighted by molar-refractivity contribution is 0.823. The Morgan fingerprint density at radius 1 is 0.100 bits per heavy atom. The summed E-state index contributed by atoms with van der Waals surface area (Å²) < 4.78 is 0. The lowest BCUT2D eigenvalue weighted by atomic mass is 12.0. The molecule has 0 radical (unpaired) electrons. The van der Waals surface area contributed by atoms with Crippen LogP contribution in [0.4, 0.5) is 0 Å². The van der Waals surface area contributed by atoms with Gasteiger partial charge in [-0.05, 0) is 0 Å². The third-order valence-electron chi connectivity index (χ3n) is 0. The van der Waals surface area contributed by atoms with Gasteiger partial charge in [0.05, 0.1) is 0 Å². The average molecular weight is 358 g/mol. The van der Waals surface area contributed by atoms with Gasteiger partial charge in [-0.2, -0.15) is 0 Å². The molecule has 0 aliphatic rings. The van der Waals surface area contributed by atoms with Crippen molar-refractivity contribution in [2.45, 2.75) is 7.43 Å². The number of hydrogen-bond donors (Lipinski definition) is 0. The van der Waals surface area contributed by atoms with Crippen molar-refractivity contribution in [3.05, 3.63) is 0 Å². The minimum Gasteiger partial charge on any atom is -0.412 e. The van der Waals surface area contributed by atoms with Gasteiger partial charge in [0.15, 0.2) is 0 Å². The van der Waals surface area contributed by atoms with E-state index in [9.17, 15) is 0 Å². The standard InChI is InChI=1S/CH4.19H2O/h1H4;19*1H2. The molecule has 160 valence electrons. The Hall–Kier alpha value is -0.760. The van der Waals surface area contributed by atoms with E-state index >= 15 is 0 Å². The van der Waals surface area contributed by atoms with Crippen LogP contribution in [0.1, 0.15) is 7.43 Å². The van der Waals surface area contributed by atoms with Crippen LogP contribution in [-0.4, -0.2) is 104 Å². The third-order valence-corrected chi connectivity index (χ3v) is 0. The summed E-state index contributed by atoms with van der Waals surface area (Å²) in [4.78, 5) is 0. The summed E-state index contributed by atoms with van der Waals surface area (Å²) in [6, 6.07) is 0. The van der Waals surface area contributed by atoms with Crippen LogP contribution in [0.15, 0.2) is 0 Å². The van der Waals surface area contributed by atoms with Crippen LogP contribution >= 0.6 is 0 Å². The Morgan fingerprint density at radius 2 is 0.100 bits per heavy atom. The quantitative estimate of drug-likeness (QED) is 0.389. The third kappa shape index (κ3) is 7870. The monoisotopic (exact) mass is 358 g/mol. The van der Waals surface area contributed by atoms with Crippen molar-refractivity contribution in [1.82, 2.24) is 0 Å². The van der Waals surface area contributed by atoms with Crippen LogP contribution in [0, 0.1) is 0 Å². The molecule has 19 nitrogen and oxygen atoms in total. The lowest BCUT2D eigenvalue weighted by Crippen LogP contribution is -0.290.